The molecule has 0 bridgehead atoms. The number of fused-ring (bicyclic) bond motifs is 2. The van der Waals surface area contributed by atoms with Gasteiger partial charge in [0.1, 0.15) is 23.5 Å². The molecule has 9 heteroatoms. The summed E-state index contributed by atoms with van der Waals surface area (Å²) < 4.78 is 16.1. The fourth-order valence-electron chi connectivity index (χ4n) is 3.61. The van der Waals surface area contributed by atoms with Gasteiger partial charge in [-0.2, -0.15) is 0 Å². The highest BCUT2D eigenvalue weighted by molar-refractivity contribution is 5.82. The summed E-state index contributed by atoms with van der Waals surface area (Å²) in [7, 11) is 1.99. The second-order valence-electron chi connectivity index (χ2n) is 7.05. The minimum atomic E-state index is -0.278. The van der Waals surface area contributed by atoms with E-state index in [1.54, 1.807) is 12.4 Å². The van der Waals surface area contributed by atoms with Gasteiger partial charge in [0.2, 0.25) is 0 Å². The number of hydrogen-bond donors (Lipinski definition) is 2. The molecule has 8 nitrogen and oxygen atoms in total. The zero-order valence-electron chi connectivity index (χ0n) is 16.0. The topological polar surface area (TPSA) is 87.5 Å². The van der Waals surface area contributed by atoms with Crippen molar-refractivity contribution in [1.29, 1.82) is 0 Å². The van der Waals surface area contributed by atoms with Gasteiger partial charge in [0, 0.05) is 18.8 Å². The molecule has 0 saturated carbocycles. The van der Waals surface area contributed by atoms with Crippen molar-refractivity contribution in [2.45, 2.75) is 19.6 Å². The first-order chi connectivity index (χ1) is 14.1. The molecule has 0 aliphatic carbocycles. The molecule has 3 aromatic heterocycles. The molecule has 29 heavy (non-hydrogen) atoms. The summed E-state index contributed by atoms with van der Waals surface area (Å²) in [6, 6.07) is 6.41. The Labute approximate surface area is 166 Å². The second-order valence-corrected chi connectivity index (χ2v) is 7.05. The molecule has 1 aliphatic heterocycles. The predicted molar refractivity (Wildman–Crippen MR) is 108 cm³/mol. The van der Waals surface area contributed by atoms with Crippen molar-refractivity contribution in [1.82, 2.24) is 34.4 Å². The monoisotopic (exact) mass is 390 g/mol. The van der Waals surface area contributed by atoms with E-state index in [1.807, 2.05) is 32.3 Å². The van der Waals surface area contributed by atoms with Crippen LogP contribution in [0.4, 0.5) is 10.2 Å². The minimum absolute atomic E-state index is 0.188. The number of imidazole rings is 2. The van der Waals surface area contributed by atoms with Crippen LogP contribution in [0.25, 0.3) is 28.5 Å². The standard InChI is InChI=1S/C20H19FN8/c1-12(26-20-17-19(23-9-22-17)24-10-25-20)16-18(13-4-3-5-14(21)8-13)29-11-28(2)7-6-15(29)27-16/h3-10,12H,11H2,1-2H3,(H2,22,23,24,25,26). The van der Waals surface area contributed by atoms with E-state index in [0.29, 0.717) is 18.1 Å². The van der Waals surface area contributed by atoms with Crippen molar-refractivity contribution in [3.05, 3.63) is 60.5 Å². The molecule has 5 rings (SSSR count). The molecule has 0 fully saturated rings. The highest BCUT2D eigenvalue weighted by Gasteiger charge is 2.24. The Bertz CT molecular complexity index is 1220. The highest BCUT2D eigenvalue weighted by Crippen LogP contribution is 2.33. The molecule has 1 aromatic carbocycles. The van der Waals surface area contributed by atoms with Gasteiger partial charge < -0.3 is 19.8 Å². The van der Waals surface area contributed by atoms with Gasteiger partial charge in [-0.25, -0.2) is 24.3 Å². The molecule has 1 atom stereocenters. The first-order valence-corrected chi connectivity index (χ1v) is 9.25. The third-order valence-electron chi connectivity index (χ3n) is 4.95. The van der Waals surface area contributed by atoms with Gasteiger partial charge in [-0.15, -0.1) is 0 Å². The zero-order chi connectivity index (χ0) is 20.0. The first kappa shape index (κ1) is 17.4. The molecule has 146 valence electrons. The number of benzene rings is 1. The van der Waals surface area contributed by atoms with Crippen molar-refractivity contribution in [2.24, 2.45) is 0 Å². The molecule has 4 heterocycles. The number of rotatable bonds is 4. The van der Waals surface area contributed by atoms with Crippen molar-refractivity contribution in [3.63, 3.8) is 0 Å². The number of aromatic amines is 1. The second kappa shape index (κ2) is 6.69. The Morgan fingerprint density at radius 2 is 2.14 bits per heavy atom. The molecule has 1 aliphatic rings. The Hall–Kier alpha value is -3.75. The quantitative estimate of drug-likeness (QED) is 0.555. The largest absolute Gasteiger partial charge is 0.362 e. The maximum atomic E-state index is 14.0. The molecular weight excluding hydrogens is 371 g/mol. The number of nitrogens with zero attached hydrogens (tertiary/aromatic N) is 6. The number of H-pyrrole nitrogens is 1. The van der Waals surface area contributed by atoms with Crippen LogP contribution >= 0.6 is 0 Å². The lowest BCUT2D eigenvalue weighted by molar-refractivity contribution is 0.358. The lowest BCUT2D eigenvalue weighted by Gasteiger charge is -2.23. The van der Waals surface area contributed by atoms with Gasteiger partial charge in [-0.3, -0.25) is 0 Å². The number of halogens is 1. The first-order valence-electron chi connectivity index (χ1n) is 9.25. The van der Waals surface area contributed by atoms with E-state index in [0.717, 1.165) is 28.3 Å². The summed E-state index contributed by atoms with van der Waals surface area (Å²) in [4.78, 5) is 22.6. The molecule has 1 unspecified atom stereocenters. The van der Waals surface area contributed by atoms with Crippen molar-refractivity contribution >= 4 is 23.1 Å². The van der Waals surface area contributed by atoms with Crippen LogP contribution in [0.5, 0.6) is 0 Å². The van der Waals surface area contributed by atoms with Crippen molar-refractivity contribution < 1.29 is 4.39 Å². The molecule has 2 N–H and O–H groups in total. The van der Waals surface area contributed by atoms with Crippen LogP contribution in [-0.2, 0) is 6.67 Å². The number of aromatic nitrogens is 6. The number of nitrogens with one attached hydrogen (secondary N) is 2. The van der Waals surface area contributed by atoms with Crippen molar-refractivity contribution in [3.8, 4) is 11.3 Å². The fraction of sp³-hybridized carbons (Fsp3) is 0.200. The summed E-state index contributed by atoms with van der Waals surface area (Å²) in [5, 5.41) is 3.40. The van der Waals surface area contributed by atoms with Crippen LogP contribution in [0.15, 0.2) is 43.1 Å². The third kappa shape index (κ3) is 3.00. The Morgan fingerprint density at radius 3 is 3.00 bits per heavy atom. The van der Waals surface area contributed by atoms with E-state index in [-0.39, 0.29) is 11.9 Å². The van der Waals surface area contributed by atoms with Crippen LogP contribution in [0.2, 0.25) is 0 Å². The minimum Gasteiger partial charge on any atom is -0.362 e. The number of hydrogen-bond acceptors (Lipinski definition) is 6. The SMILES string of the molecule is CC(Nc1ncnc2nc[nH]c12)c1nc2n(c1-c1cccc(F)c1)CN(C)C=C2. The summed E-state index contributed by atoms with van der Waals surface area (Å²) in [6.07, 6.45) is 7.00. The van der Waals surface area contributed by atoms with Crippen LogP contribution < -0.4 is 5.32 Å². The molecule has 4 aromatic rings. The summed E-state index contributed by atoms with van der Waals surface area (Å²) in [5.74, 6) is 1.20. The maximum Gasteiger partial charge on any atom is 0.182 e. The van der Waals surface area contributed by atoms with Gasteiger partial charge in [0.25, 0.3) is 0 Å². The normalized spacial score (nSPS) is 14.2. The third-order valence-corrected chi connectivity index (χ3v) is 4.95. The lowest BCUT2D eigenvalue weighted by atomic mass is 10.1. The van der Waals surface area contributed by atoms with Gasteiger partial charge in [-0.1, -0.05) is 12.1 Å². The molecule has 0 saturated heterocycles. The Balaban J connectivity index is 1.61. The predicted octanol–water partition coefficient (Wildman–Crippen LogP) is 3.40. The van der Waals surface area contributed by atoms with Crippen LogP contribution in [0.1, 0.15) is 24.5 Å². The lowest BCUT2D eigenvalue weighted by Crippen LogP contribution is -2.21. The summed E-state index contributed by atoms with van der Waals surface area (Å²) >= 11 is 0. The van der Waals surface area contributed by atoms with Crippen LogP contribution in [0.3, 0.4) is 0 Å². The summed E-state index contributed by atoms with van der Waals surface area (Å²) in [5.41, 5.74) is 3.80. The average Bonchev–Trinajstić information content (AvgIpc) is 3.33. The average molecular weight is 390 g/mol. The molecule has 0 spiro atoms. The van der Waals surface area contributed by atoms with E-state index in [2.05, 4.69) is 34.7 Å². The molecule has 0 radical (unpaired) electrons. The van der Waals surface area contributed by atoms with Gasteiger partial charge in [0.05, 0.1) is 30.4 Å². The van der Waals surface area contributed by atoms with Gasteiger partial charge in [0.15, 0.2) is 11.5 Å². The summed E-state index contributed by atoms with van der Waals surface area (Å²) in [6.45, 7) is 2.64. The highest BCUT2D eigenvalue weighted by atomic mass is 19.1. The molecule has 0 amide bonds. The smallest absolute Gasteiger partial charge is 0.182 e. The Kier molecular flexibility index (Phi) is 4.01. The van der Waals surface area contributed by atoms with E-state index < -0.39 is 0 Å². The number of anilines is 1. The van der Waals surface area contributed by atoms with Gasteiger partial charge in [-0.05, 0) is 25.1 Å². The van der Waals surface area contributed by atoms with E-state index in [9.17, 15) is 4.39 Å². The molecular formula is C20H19FN8. The van der Waals surface area contributed by atoms with E-state index >= 15 is 0 Å². The van der Waals surface area contributed by atoms with E-state index in [1.165, 1.54) is 18.5 Å². The van der Waals surface area contributed by atoms with Crippen molar-refractivity contribution in [2.75, 3.05) is 12.4 Å². The maximum absolute atomic E-state index is 14.0. The van der Waals surface area contributed by atoms with E-state index in [4.69, 9.17) is 4.98 Å². The fourth-order valence-corrected chi connectivity index (χ4v) is 3.61. The van der Waals surface area contributed by atoms with Crippen LogP contribution in [-0.4, -0.2) is 41.4 Å². The Morgan fingerprint density at radius 1 is 1.24 bits per heavy atom. The van der Waals surface area contributed by atoms with Crippen LogP contribution in [0, 0.1) is 5.82 Å². The van der Waals surface area contributed by atoms with Gasteiger partial charge >= 0.3 is 0 Å². The zero-order valence-corrected chi connectivity index (χ0v) is 16.0.